The Morgan fingerprint density at radius 3 is 2.71 bits per heavy atom. The van der Waals surface area contributed by atoms with E-state index in [4.69, 9.17) is 5.10 Å². The van der Waals surface area contributed by atoms with Gasteiger partial charge in [-0.3, -0.25) is 0 Å². The van der Waals surface area contributed by atoms with Crippen LogP contribution in [0.15, 0.2) is 49.1 Å². The van der Waals surface area contributed by atoms with Gasteiger partial charge in [0.15, 0.2) is 0 Å². The van der Waals surface area contributed by atoms with Gasteiger partial charge in [-0.1, -0.05) is 6.07 Å². The molecule has 31 heavy (non-hydrogen) atoms. The van der Waals surface area contributed by atoms with Gasteiger partial charge in [0.1, 0.15) is 11.9 Å². The molecule has 158 valence electrons. The van der Waals surface area contributed by atoms with Gasteiger partial charge in [0.25, 0.3) is 0 Å². The molecule has 2 aliphatic rings. The zero-order chi connectivity index (χ0) is 21.2. The summed E-state index contributed by atoms with van der Waals surface area (Å²) in [6, 6.07) is 8.42. The molecule has 1 fully saturated rings. The van der Waals surface area contributed by atoms with E-state index in [1.165, 1.54) is 24.5 Å². The molecule has 0 bridgehead atoms. The van der Waals surface area contributed by atoms with Crippen LogP contribution in [0, 0.1) is 0 Å². The van der Waals surface area contributed by atoms with Gasteiger partial charge in [0.05, 0.1) is 28.8 Å². The average molecular weight is 424 g/mol. The summed E-state index contributed by atoms with van der Waals surface area (Å²) in [5, 5.41) is 4.83. The van der Waals surface area contributed by atoms with Crippen LogP contribution in [0.25, 0.3) is 5.52 Å². The summed E-state index contributed by atoms with van der Waals surface area (Å²) in [7, 11) is 0. The van der Waals surface area contributed by atoms with Gasteiger partial charge in [0, 0.05) is 31.1 Å². The lowest BCUT2D eigenvalue weighted by Gasteiger charge is -2.35. The third-order valence-corrected chi connectivity index (χ3v) is 6.15. The highest BCUT2D eigenvalue weighted by atomic mass is 19.4. The number of fused-ring (bicyclic) bond motifs is 2. The maximum atomic E-state index is 13.0. The summed E-state index contributed by atoms with van der Waals surface area (Å²) in [5.41, 5.74) is 4.27. The Kier molecular flexibility index (Phi) is 3.90. The maximum Gasteiger partial charge on any atom is 0.417 e. The third kappa shape index (κ3) is 3.07. The second kappa shape index (κ2) is 6.57. The molecule has 0 aromatic carbocycles. The lowest BCUT2D eigenvalue weighted by Crippen LogP contribution is -2.37. The zero-order valence-corrected chi connectivity index (χ0v) is 16.5. The van der Waals surface area contributed by atoms with E-state index in [1.807, 2.05) is 21.7 Å². The second-order valence-electron chi connectivity index (χ2n) is 8.15. The lowest BCUT2D eigenvalue weighted by atomic mass is 9.99. The normalized spacial score (nSPS) is 19.1. The molecule has 0 spiro atoms. The van der Waals surface area contributed by atoms with Crippen LogP contribution in [-0.4, -0.2) is 31.1 Å². The Morgan fingerprint density at radius 1 is 1.10 bits per heavy atom. The minimum Gasteiger partial charge on any atom is -0.348 e. The quantitative estimate of drug-likeness (QED) is 0.526. The second-order valence-corrected chi connectivity index (χ2v) is 8.15. The van der Waals surface area contributed by atoms with Crippen molar-refractivity contribution >= 4 is 11.3 Å². The van der Waals surface area contributed by atoms with Crippen molar-refractivity contribution in [3.8, 4) is 0 Å². The van der Waals surface area contributed by atoms with E-state index in [9.17, 15) is 13.2 Å². The monoisotopic (exact) mass is 424 g/mol. The molecule has 0 saturated heterocycles. The van der Waals surface area contributed by atoms with E-state index in [0.29, 0.717) is 24.7 Å². The van der Waals surface area contributed by atoms with Crippen molar-refractivity contribution in [2.75, 3.05) is 11.4 Å². The molecule has 1 saturated carbocycles. The van der Waals surface area contributed by atoms with Crippen LogP contribution in [0.1, 0.15) is 53.0 Å². The molecule has 1 atom stereocenters. The number of pyridine rings is 2. The fourth-order valence-corrected chi connectivity index (χ4v) is 4.48. The fourth-order valence-electron chi connectivity index (χ4n) is 4.48. The van der Waals surface area contributed by atoms with Crippen LogP contribution in [-0.2, 0) is 12.6 Å². The summed E-state index contributed by atoms with van der Waals surface area (Å²) in [6.07, 6.45) is 3.15. The topological polar surface area (TPSA) is 62.1 Å². The Balaban J connectivity index is 1.46. The van der Waals surface area contributed by atoms with Crippen molar-refractivity contribution in [3.05, 3.63) is 77.3 Å². The molecule has 1 aliphatic heterocycles. The van der Waals surface area contributed by atoms with Crippen molar-refractivity contribution in [3.63, 3.8) is 0 Å². The zero-order valence-electron chi connectivity index (χ0n) is 16.5. The summed E-state index contributed by atoms with van der Waals surface area (Å²) in [4.78, 5) is 13.9. The van der Waals surface area contributed by atoms with Gasteiger partial charge in [-0.2, -0.15) is 18.3 Å². The lowest BCUT2D eigenvalue weighted by molar-refractivity contribution is -0.137. The molecule has 5 heterocycles. The van der Waals surface area contributed by atoms with Gasteiger partial charge in [-0.05, 0) is 48.6 Å². The molecule has 6 rings (SSSR count). The number of anilines is 1. The number of imidazole rings is 1. The first-order valence-corrected chi connectivity index (χ1v) is 10.3. The number of aromatic nitrogens is 5. The van der Waals surface area contributed by atoms with Crippen LogP contribution < -0.4 is 4.90 Å². The molecular formula is C22H19F3N6. The number of alkyl halides is 3. The number of aromatic amines is 1. The molecular weight excluding hydrogens is 405 g/mol. The van der Waals surface area contributed by atoms with E-state index < -0.39 is 11.7 Å². The smallest absolute Gasteiger partial charge is 0.348 e. The minimum absolute atomic E-state index is 0.328. The van der Waals surface area contributed by atoms with Gasteiger partial charge in [-0.15, -0.1) is 0 Å². The fraction of sp³-hybridized carbons (Fsp3) is 0.318. The summed E-state index contributed by atoms with van der Waals surface area (Å²) >= 11 is 0. The van der Waals surface area contributed by atoms with Gasteiger partial charge in [-0.25, -0.2) is 14.5 Å². The highest BCUT2D eigenvalue weighted by Crippen LogP contribution is 2.43. The molecule has 0 unspecified atom stereocenters. The summed E-state index contributed by atoms with van der Waals surface area (Å²) < 4.78 is 40.9. The largest absolute Gasteiger partial charge is 0.417 e. The minimum atomic E-state index is -4.41. The molecule has 4 aromatic heterocycles. The number of nitrogens with one attached hydrogen (secondary N) is 1. The molecule has 0 radical (unpaired) electrons. The maximum absolute atomic E-state index is 13.0. The van der Waals surface area contributed by atoms with Crippen molar-refractivity contribution in [1.82, 2.24) is 24.6 Å². The number of halogens is 3. The van der Waals surface area contributed by atoms with E-state index >= 15 is 0 Å². The summed E-state index contributed by atoms with van der Waals surface area (Å²) in [6.45, 7) is 0.599. The molecule has 6 nitrogen and oxygen atoms in total. The van der Waals surface area contributed by atoms with Crippen molar-refractivity contribution in [2.45, 2.75) is 37.4 Å². The van der Waals surface area contributed by atoms with Crippen LogP contribution in [0.5, 0.6) is 0 Å². The molecule has 0 amide bonds. The van der Waals surface area contributed by atoms with E-state index in [-0.39, 0.29) is 6.04 Å². The first-order valence-electron chi connectivity index (χ1n) is 10.3. The standard InChI is InChI=1S/C22H19F3N6/c23-22(24,25)14-5-6-19(26-11-14)30-9-7-16-20(28-12-27-16)21(30)17-10-18-15(13-3-4-13)2-1-8-31(18)29-17/h1-2,5-6,8,10-13,21H,3-4,7,9H2,(H,27,28)/t21-/m0/s1. The predicted octanol–water partition coefficient (Wildman–Crippen LogP) is 4.50. The van der Waals surface area contributed by atoms with E-state index in [1.54, 1.807) is 6.33 Å². The molecule has 9 heteroatoms. The van der Waals surface area contributed by atoms with Gasteiger partial charge >= 0.3 is 6.18 Å². The Morgan fingerprint density at radius 2 is 1.97 bits per heavy atom. The van der Waals surface area contributed by atoms with Crippen LogP contribution in [0.2, 0.25) is 0 Å². The van der Waals surface area contributed by atoms with Crippen LogP contribution in [0.4, 0.5) is 19.0 Å². The number of hydrogen-bond acceptors (Lipinski definition) is 4. The third-order valence-electron chi connectivity index (χ3n) is 6.15. The number of rotatable bonds is 3. The Labute approximate surface area is 175 Å². The average Bonchev–Trinajstić information content (AvgIpc) is 3.32. The predicted molar refractivity (Wildman–Crippen MR) is 108 cm³/mol. The number of H-pyrrole nitrogens is 1. The SMILES string of the molecule is FC(F)(F)c1ccc(N2CCc3[nH]cnc3[C@@H]2c2cc3c(C4CC4)cccn3n2)nc1. The van der Waals surface area contributed by atoms with Gasteiger partial charge < -0.3 is 9.88 Å². The Bertz CT molecular complexity index is 1250. The first-order chi connectivity index (χ1) is 15.0. The first kappa shape index (κ1) is 18.4. The molecule has 1 aliphatic carbocycles. The van der Waals surface area contributed by atoms with Crippen LogP contribution in [0.3, 0.4) is 0 Å². The van der Waals surface area contributed by atoms with Crippen LogP contribution >= 0.6 is 0 Å². The van der Waals surface area contributed by atoms with E-state index in [0.717, 1.165) is 34.9 Å². The van der Waals surface area contributed by atoms with E-state index in [2.05, 4.69) is 27.1 Å². The molecule has 1 N–H and O–H groups in total. The number of hydrogen-bond donors (Lipinski definition) is 1. The highest BCUT2D eigenvalue weighted by Gasteiger charge is 2.36. The number of nitrogens with zero attached hydrogens (tertiary/aromatic N) is 5. The van der Waals surface area contributed by atoms with Crippen molar-refractivity contribution in [2.24, 2.45) is 0 Å². The highest BCUT2D eigenvalue weighted by molar-refractivity contribution is 5.60. The van der Waals surface area contributed by atoms with Crippen molar-refractivity contribution < 1.29 is 13.2 Å². The summed E-state index contributed by atoms with van der Waals surface area (Å²) in [5.74, 6) is 1.05. The molecule has 4 aromatic rings. The van der Waals surface area contributed by atoms with Crippen molar-refractivity contribution in [1.29, 1.82) is 0 Å². The Hall–Kier alpha value is -3.36. The van der Waals surface area contributed by atoms with Gasteiger partial charge in [0.2, 0.25) is 0 Å².